The minimum absolute atomic E-state index is 0.276. The van der Waals surface area contributed by atoms with E-state index < -0.39 is 0 Å². The molecule has 0 spiro atoms. The summed E-state index contributed by atoms with van der Waals surface area (Å²) >= 11 is 0. The molecule has 6 nitrogen and oxygen atoms in total. The maximum absolute atomic E-state index is 6.09. The first-order valence-electron chi connectivity index (χ1n) is 6.93. The van der Waals surface area contributed by atoms with E-state index in [9.17, 15) is 0 Å². The highest BCUT2D eigenvalue weighted by Crippen LogP contribution is 2.39. The molecule has 1 aromatic heterocycles. The minimum atomic E-state index is 0.276. The normalized spacial score (nSPS) is 16.7. The fourth-order valence-corrected chi connectivity index (χ4v) is 2.71. The summed E-state index contributed by atoms with van der Waals surface area (Å²) < 4.78 is 7.27. The number of hydrogen-bond donors (Lipinski definition) is 1. The van der Waals surface area contributed by atoms with Gasteiger partial charge in [-0.2, -0.15) is 0 Å². The second-order valence-corrected chi connectivity index (χ2v) is 5.30. The number of nitrogen functional groups attached to an aromatic ring is 1. The van der Waals surface area contributed by atoms with Crippen molar-refractivity contribution >= 4 is 5.69 Å². The molecule has 0 amide bonds. The molecule has 1 aliphatic carbocycles. The van der Waals surface area contributed by atoms with E-state index in [0.29, 0.717) is 23.2 Å². The summed E-state index contributed by atoms with van der Waals surface area (Å²) in [6, 6.07) is 5.85. The van der Waals surface area contributed by atoms with Crippen molar-refractivity contribution in [1.82, 2.24) is 20.2 Å². The van der Waals surface area contributed by atoms with Gasteiger partial charge in [-0.3, -0.25) is 0 Å². The van der Waals surface area contributed by atoms with E-state index in [2.05, 4.69) is 22.4 Å². The molecule has 2 N–H and O–H groups in total. The van der Waals surface area contributed by atoms with Crippen LogP contribution in [0.25, 0.3) is 11.4 Å². The predicted molar refractivity (Wildman–Crippen MR) is 76.3 cm³/mol. The van der Waals surface area contributed by atoms with Crippen LogP contribution in [0, 0.1) is 5.92 Å². The molecule has 1 heterocycles. The van der Waals surface area contributed by atoms with Crippen LogP contribution < -0.4 is 10.5 Å². The SMILES string of the molecule is COc1cccc(N)c1-c1nnnn1C(C)C1CCC1. The van der Waals surface area contributed by atoms with Gasteiger partial charge in [0, 0.05) is 5.69 Å². The topological polar surface area (TPSA) is 78.8 Å². The molecule has 6 heteroatoms. The van der Waals surface area contributed by atoms with Crippen LogP contribution in [0.5, 0.6) is 5.75 Å². The van der Waals surface area contributed by atoms with Crippen LogP contribution in [0.1, 0.15) is 32.2 Å². The van der Waals surface area contributed by atoms with Gasteiger partial charge in [0.1, 0.15) is 5.75 Å². The number of tetrazole rings is 1. The Morgan fingerprint density at radius 3 is 2.85 bits per heavy atom. The molecule has 1 aromatic carbocycles. The van der Waals surface area contributed by atoms with Crippen molar-refractivity contribution in [3.8, 4) is 17.1 Å². The Labute approximate surface area is 117 Å². The van der Waals surface area contributed by atoms with E-state index in [4.69, 9.17) is 10.5 Å². The van der Waals surface area contributed by atoms with Gasteiger partial charge in [-0.05, 0) is 48.2 Å². The first-order chi connectivity index (χ1) is 9.72. The van der Waals surface area contributed by atoms with Crippen molar-refractivity contribution in [1.29, 1.82) is 0 Å². The van der Waals surface area contributed by atoms with E-state index in [-0.39, 0.29) is 6.04 Å². The Morgan fingerprint density at radius 1 is 1.40 bits per heavy atom. The van der Waals surface area contributed by atoms with Crippen LogP contribution in [0.4, 0.5) is 5.69 Å². The molecular formula is C14H19N5O. The zero-order valence-electron chi connectivity index (χ0n) is 11.8. The molecule has 2 aromatic rings. The Morgan fingerprint density at radius 2 is 2.20 bits per heavy atom. The van der Waals surface area contributed by atoms with E-state index in [1.807, 2.05) is 22.9 Å². The largest absolute Gasteiger partial charge is 0.496 e. The van der Waals surface area contributed by atoms with Gasteiger partial charge in [-0.15, -0.1) is 5.10 Å². The third-order valence-electron chi connectivity index (χ3n) is 4.21. The van der Waals surface area contributed by atoms with Gasteiger partial charge in [-0.1, -0.05) is 12.5 Å². The number of benzene rings is 1. The quantitative estimate of drug-likeness (QED) is 0.865. The van der Waals surface area contributed by atoms with Gasteiger partial charge in [0.15, 0.2) is 5.82 Å². The fraction of sp³-hybridized carbons (Fsp3) is 0.500. The molecule has 106 valence electrons. The average molecular weight is 273 g/mol. The van der Waals surface area contributed by atoms with E-state index in [0.717, 1.165) is 5.56 Å². The molecule has 1 atom stereocenters. The predicted octanol–water partition coefficient (Wildman–Crippen LogP) is 2.29. The fourth-order valence-electron chi connectivity index (χ4n) is 2.71. The lowest BCUT2D eigenvalue weighted by Gasteiger charge is -2.31. The number of methoxy groups -OCH3 is 1. The number of aromatic nitrogens is 4. The summed E-state index contributed by atoms with van der Waals surface area (Å²) in [6.07, 6.45) is 3.77. The standard InChI is InChI=1S/C14H19N5O/c1-9(10-5-3-6-10)19-14(16-17-18-19)13-11(15)7-4-8-12(13)20-2/h4,7-10H,3,5-6,15H2,1-2H3. The van der Waals surface area contributed by atoms with Crippen LogP contribution >= 0.6 is 0 Å². The smallest absolute Gasteiger partial charge is 0.188 e. The average Bonchev–Trinajstić information content (AvgIpc) is 2.85. The Kier molecular flexibility index (Phi) is 3.30. The second kappa shape index (κ2) is 5.11. The molecule has 0 bridgehead atoms. The van der Waals surface area contributed by atoms with Crippen molar-refractivity contribution in [3.63, 3.8) is 0 Å². The zero-order valence-corrected chi connectivity index (χ0v) is 11.8. The lowest BCUT2D eigenvalue weighted by molar-refractivity contribution is 0.210. The van der Waals surface area contributed by atoms with Crippen LogP contribution in [0.2, 0.25) is 0 Å². The van der Waals surface area contributed by atoms with E-state index in [1.54, 1.807) is 7.11 Å². The van der Waals surface area contributed by atoms with E-state index in [1.165, 1.54) is 19.3 Å². The first kappa shape index (κ1) is 12.9. The van der Waals surface area contributed by atoms with Gasteiger partial charge < -0.3 is 10.5 Å². The molecule has 0 saturated heterocycles. The van der Waals surface area contributed by atoms with Crippen molar-refractivity contribution < 1.29 is 4.74 Å². The second-order valence-electron chi connectivity index (χ2n) is 5.30. The summed E-state index contributed by atoms with van der Waals surface area (Å²) in [7, 11) is 1.63. The van der Waals surface area contributed by atoms with Gasteiger partial charge in [0.2, 0.25) is 0 Å². The van der Waals surface area contributed by atoms with Gasteiger partial charge >= 0.3 is 0 Å². The summed E-state index contributed by atoms with van der Waals surface area (Å²) in [5.41, 5.74) is 7.49. The summed E-state index contributed by atoms with van der Waals surface area (Å²) in [5.74, 6) is 2.02. The van der Waals surface area contributed by atoms with Crippen LogP contribution in [0.3, 0.4) is 0 Å². The lowest BCUT2D eigenvalue weighted by Crippen LogP contribution is -2.24. The molecule has 0 radical (unpaired) electrons. The van der Waals surface area contributed by atoms with Crippen molar-refractivity contribution in [2.75, 3.05) is 12.8 Å². The van der Waals surface area contributed by atoms with E-state index >= 15 is 0 Å². The van der Waals surface area contributed by atoms with Crippen LogP contribution in [0.15, 0.2) is 18.2 Å². The monoisotopic (exact) mass is 273 g/mol. The highest BCUT2D eigenvalue weighted by Gasteiger charge is 2.29. The number of rotatable bonds is 4. The molecule has 0 aliphatic heterocycles. The van der Waals surface area contributed by atoms with Crippen molar-refractivity contribution in [3.05, 3.63) is 18.2 Å². The third kappa shape index (κ3) is 2.01. The van der Waals surface area contributed by atoms with Crippen molar-refractivity contribution in [2.24, 2.45) is 5.92 Å². The Balaban J connectivity index is 2.05. The number of nitrogens with two attached hydrogens (primary N) is 1. The maximum atomic E-state index is 6.09. The molecule has 1 aliphatic rings. The first-order valence-corrected chi connectivity index (χ1v) is 6.93. The molecular weight excluding hydrogens is 254 g/mol. The number of nitrogens with zero attached hydrogens (tertiary/aromatic N) is 4. The molecule has 20 heavy (non-hydrogen) atoms. The summed E-state index contributed by atoms with van der Waals surface area (Å²) in [6.45, 7) is 2.16. The van der Waals surface area contributed by atoms with Gasteiger partial charge in [0.05, 0.1) is 18.7 Å². The number of hydrogen-bond acceptors (Lipinski definition) is 5. The van der Waals surface area contributed by atoms with Gasteiger partial charge in [-0.25, -0.2) is 4.68 Å². The zero-order chi connectivity index (χ0) is 14.1. The van der Waals surface area contributed by atoms with Crippen molar-refractivity contribution in [2.45, 2.75) is 32.2 Å². The van der Waals surface area contributed by atoms with Gasteiger partial charge in [0.25, 0.3) is 0 Å². The maximum Gasteiger partial charge on any atom is 0.188 e. The molecule has 3 rings (SSSR count). The summed E-state index contributed by atoms with van der Waals surface area (Å²) in [5, 5.41) is 12.1. The van der Waals surface area contributed by atoms with Crippen LogP contribution in [-0.2, 0) is 0 Å². The van der Waals surface area contributed by atoms with Crippen LogP contribution in [-0.4, -0.2) is 27.3 Å². The third-order valence-corrected chi connectivity index (χ3v) is 4.21. The lowest BCUT2D eigenvalue weighted by atomic mass is 9.80. The summed E-state index contributed by atoms with van der Waals surface area (Å²) in [4.78, 5) is 0. The number of ether oxygens (including phenoxy) is 1. The molecule has 1 fully saturated rings. The number of anilines is 1. The highest BCUT2D eigenvalue weighted by molar-refractivity contribution is 5.77. The molecule has 1 saturated carbocycles. The highest BCUT2D eigenvalue weighted by atomic mass is 16.5. The molecule has 1 unspecified atom stereocenters. The minimum Gasteiger partial charge on any atom is -0.496 e. The Hall–Kier alpha value is -2.11. The Bertz CT molecular complexity index is 605.